The van der Waals surface area contributed by atoms with Crippen molar-refractivity contribution in [3.8, 4) is 22.6 Å². The summed E-state index contributed by atoms with van der Waals surface area (Å²) in [5, 5.41) is 0.539. The maximum absolute atomic E-state index is 13.5. The Morgan fingerprint density at radius 1 is 1.13 bits per heavy atom. The molecule has 6 heteroatoms. The van der Waals surface area contributed by atoms with Gasteiger partial charge in [-0.05, 0) is 36.8 Å². The van der Waals surface area contributed by atoms with Gasteiger partial charge in [0, 0.05) is 31.0 Å². The first-order valence-corrected chi connectivity index (χ1v) is 10.1. The fourth-order valence-corrected chi connectivity index (χ4v) is 4.13. The van der Waals surface area contributed by atoms with E-state index in [2.05, 4.69) is 9.88 Å². The molecular formula is C25H22N2O4. The Balaban J connectivity index is 1.60. The molecule has 6 nitrogen and oxygen atoms in total. The van der Waals surface area contributed by atoms with Crippen molar-refractivity contribution in [3.05, 3.63) is 88.0 Å². The standard InChI is InChI=1S/C25H22N2O4/c1-16-23(18-7-3-4-8-21(18)29-2)24(28)19-9-10-22-20(25(19)31-16)14-27(15-30-22)13-17-6-5-11-26-12-17/h3-12H,13-15H2,1-2H3. The molecule has 2 aromatic carbocycles. The number of rotatable bonds is 4. The third-order valence-corrected chi connectivity index (χ3v) is 5.59. The quantitative estimate of drug-likeness (QED) is 0.489. The van der Waals surface area contributed by atoms with E-state index in [4.69, 9.17) is 13.9 Å². The molecule has 0 radical (unpaired) electrons. The maximum atomic E-state index is 13.5. The Bertz CT molecular complexity index is 1310. The minimum absolute atomic E-state index is 0.0737. The fourth-order valence-electron chi connectivity index (χ4n) is 4.13. The Morgan fingerprint density at radius 2 is 2.00 bits per heavy atom. The van der Waals surface area contributed by atoms with Crippen LogP contribution in [-0.4, -0.2) is 23.7 Å². The van der Waals surface area contributed by atoms with Crippen LogP contribution in [0.3, 0.4) is 0 Å². The summed E-state index contributed by atoms with van der Waals surface area (Å²) in [7, 11) is 1.60. The van der Waals surface area contributed by atoms with Crippen LogP contribution in [0.15, 0.2) is 70.1 Å². The number of hydrogen-bond acceptors (Lipinski definition) is 6. The van der Waals surface area contributed by atoms with Crippen LogP contribution in [-0.2, 0) is 13.1 Å². The normalized spacial score (nSPS) is 13.6. The lowest BCUT2D eigenvalue weighted by atomic mass is 9.99. The Labute approximate surface area is 179 Å². The SMILES string of the molecule is COc1ccccc1-c1c(C)oc2c3c(ccc2c1=O)OCN(Cc1cccnc1)C3. The van der Waals surface area contributed by atoms with Crippen molar-refractivity contribution >= 4 is 11.0 Å². The van der Waals surface area contributed by atoms with Crippen LogP contribution < -0.4 is 14.9 Å². The smallest absolute Gasteiger partial charge is 0.200 e. The number of aromatic nitrogens is 1. The Morgan fingerprint density at radius 3 is 2.81 bits per heavy atom. The van der Waals surface area contributed by atoms with E-state index in [9.17, 15) is 4.79 Å². The molecule has 0 aliphatic carbocycles. The molecule has 31 heavy (non-hydrogen) atoms. The number of pyridine rings is 1. The first-order valence-electron chi connectivity index (χ1n) is 10.1. The van der Waals surface area contributed by atoms with E-state index < -0.39 is 0 Å². The molecule has 5 rings (SSSR count). The highest BCUT2D eigenvalue weighted by Crippen LogP contribution is 2.36. The van der Waals surface area contributed by atoms with E-state index in [1.165, 1.54) is 0 Å². The van der Waals surface area contributed by atoms with Crippen LogP contribution >= 0.6 is 0 Å². The topological polar surface area (TPSA) is 64.8 Å². The number of ether oxygens (including phenoxy) is 2. The van der Waals surface area contributed by atoms with Gasteiger partial charge in [-0.15, -0.1) is 0 Å². The third-order valence-electron chi connectivity index (χ3n) is 5.59. The number of benzene rings is 2. The minimum atomic E-state index is -0.0737. The average molecular weight is 414 g/mol. The molecule has 1 aliphatic heterocycles. The molecule has 0 saturated heterocycles. The second kappa shape index (κ2) is 7.89. The van der Waals surface area contributed by atoms with Gasteiger partial charge in [0.05, 0.1) is 23.6 Å². The van der Waals surface area contributed by atoms with Gasteiger partial charge >= 0.3 is 0 Å². The van der Waals surface area contributed by atoms with Crippen molar-refractivity contribution in [1.29, 1.82) is 0 Å². The molecule has 0 saturated carbocycles. The summed E-state index contributed by atoms with van der Waals surface area (Å²) >= 11 is 0. The summed E-state index contributed by atoms with van der Waals surface area (Å²) in [6.45, 7) is 3.61. The second-order valence-corrected chi connectivity index (χ2v) is 7.60. The zero-order chi connectivity index (χ0) is 21.4. The van der Waals surface area contributed by atoms with Crippen molar-refractivity contribution in [2.45, 2.75) is 20.0 Å². The molecule has 0 bridgehead atoms. The van der Waals surface area contributed by atoms with Gasteiger partial charge in [0.25, 0.3) is 0 Å². The van der Waals surface area contributed by atoms with Gasteiger partial charge in [-0.3, -0.25) is 14.7 Å². The molecule has 0 N–H and O–H groups in total. The molecule has 0 unspecified atom stereocenters. The van der Waals surface area contributed by atoms with Crippen LogP contribution in [0.4, 0.5) is 0 Å². The predicted molar refractivity (Wildman–Crippen MR) is 118 cm³/mol. The van der Waals surface area contributed by atoms with E-state index in [0.717, 1.165) is 22.4 Å². The zero-order valence-corrected chi connectivity index (χ0v) is 17.4. The first kappa shape index (κ1) is 19.3. The number of nitrogens with zero attached hydrogens (tertiary/aromatic N) is 2. The molecule has 0 fully saturated rings. The average Bonchev–Trinajstić information content (AvgIpc) is 2.80. The highest BCUT2D eigenvalue weighted by atomic mass is 16.5. The van der Waals surface area contributed by atoms with Gasteiger partial charge in [0.1, 0.15) is 29.6 Å². The van der Waals surface area contributed by atoms with Crippen molar-refractivity contribution < 1.29 is 13.9 Å². The number of para-hydroxylation sites is 1. The van der Waals surface area contributed by atoms with Crippen molar-refractivity contribution in [2.24, 2.45) is 0 Å². The van der Waals surface area contributed by atoms with Gasteiger partial charge in [0.2, 0.25) is 5.43 Å². The number of methoxy groups -OCH3 is 1. The lowest BCUT2D eigenvalue weighted by Crippen LogP contribution is -2.31. The molecule has 4 aromatic rings. The summed E-state index contributed by atoms with van der Waals surface area (Å²) in [5.41, 5.74) is 3.74. The van der Waals surface area contributed by atoms with Crippen molar-refractivity contribution in [3.63, 3.8) is 0 Å². The lowest BCUT2D eigenvalue weighted by molar-refractivity contribution is 0.0889. The van der Waals surface area contributed by atoms with E-state index in [1.54, 1.807) is 19.4 Å². The summed E-state index contributed by atoms with van der Waals surface area (Å²) in [4.78, 5) is 19.8. The number of hydrogen-bond donors (Lipinski definition) is 0. The molecule has 1 aliphatic rings. The van der Waals surface area contributed by atoms with Crippen LogP contribution in [0.25, 0.3) is 22.1 Å². The van der Waals surface area contributed by atoms with Gasteiger partial charge in [-0.25, -0.2) is 0 Å². The number of fused-ring (bicyclic) bond motifs is 3. The van der Waals surface area contributed by atoms with Gasteiger partial charge < -0.3 is 13.9 Å². The summed E-state index contributed by atoms with van der Waals surface area (Å²) in [6.07, 6.45) is 3.61. The van der Waals surface area contributed by atoms with E-state index >= 15 is 0 Å². The third kappa shape index (κ3) is 3.45. The van der Waals surface area contributed by atoms with Crippen molar-refractivity contribution in [2.75, 3.05) is 13.8 Å². The fraction of sp³-hybridized carbons (Fsp3) is 0.200. The maximum Gasteiger partial charge on any atom is 0.200 e. The van der Waals surface area contributed by atoms with Crippen LogP contribution in [0.1, 0.15) is 16.9 Å². The van der Waals surface area contributed by atoms with Crippen LogP contribution in [0, 0.1) is 6.92 Å². The first-order chi connectivity index (χ1) is 15.2. The summed E-state index contributed by atoms with van der Waals surface area (Å²) in [6, 6.07) is 15.1. The van der Waals surface area contributed by atoms with Gasteiger partial charge in [-0.1, -0.05) is 24.3 Å². The molecule has 156 valence electrons. The Hall–Kier alpha value is -3.64. The van der Waals surface area contributed by atoms with E-state index in [0.29, 0.717) is 47.9 Å². The highest BCUT2D eigenvalue weighted by molar-refractivity contribution is 5.87. The monoisotopic (exact) mass is 414 g/mol. The summed E-state index contributed by atoms with van der Waals surface area (Å²) < 4.78 is 17.7. The van der Waals surface area contributed by atoms with Gasteiger partial charge in [-0.2, -0.15) is 0 Å². The highest BCUT2D eigenvalue weighted by Gasteiger charge is 2.24. The Kier molecular flexibility index (Phi) is 4.92. The zero-order valence-electron chi connectivity index (χ0n) is 17.4. The van der Waals surface area contributed by atoms with E-state index in [-0.39, 0.29) is 5.43 Å². The second-order valence-electron chi connectivity index (χ2n) is 7.60. The molecular weight excluding hydrogens is 392 g/mol. The molecule has 0 amide bonds. The van der Waals surface area contributed by atoms with Gasteiger partial charge in [0.15, 0.2) is 0 Å². The summed E-state index contributed by atoms with van der Waals surface area (Å²) in [5.74, 6) is 1.95. The van der Waals surface area contributed by atoms with Crippen LogP contribution in [0.2, 0.25) is 0 Å². The molecule has 2 aromatic heterocycles. The molecule has 0 spiro atoms. The lowest BCUT2D eigenvalue weighted by Gasteiger charge is -2.29. The largest absolute Gasteiger partial charge is 0.496 e. The minimum Gasteiger partial charge on any atom is -0.496 e. The predicted octanol–water partition coefficient (Wildman–Crippen LogP) is 4.52. The van der Waals surface area contributed by atoms with Crippen molar-refractivity contribution in [1.82, 2.24) is 9.88 Å². The molecule has 3 heterocycles. The van der Waals surface area contributed by atoms with Crippen LogP contribution in [0.5, 0.6) is 11.5 Å². The van der Waals surface area contributed by atoms with E-state index in [1.807, 2.05) is 55.6 Å². The molecule has 0 atom stereocenters. The number of aryl methyl sites for hydroxylation is 1.